The number of benzene rings is 1. The molecule has 2 aliphatic rings. The normalized spacial score (nSPS) is 22.8. The molecule has 1 aliphatic heterocycles. The molecule has 1 aromatic rings. The molecule has 0 aromatic heterocycles. The van der Waals surface area contributed by atoms with E-state index in [0.717, 1.165) is 18.9 Å². The highest BCUT2D eigenvalue weighted by atomic mass is 19.3. The van der Waals surface area contributed by atoms with Crippen molar-refractivity contribution in [2.24, 2.45) is 5.41 Å². The van der Waals surface area contributed by atoms with Crippen LogP contribution in [0.1, 0.15) is 24.8 Å². The van der Waals surface area contributed by atoms with Gasteiger partial charge in [0.15, 0.2) is 0 Å². The van der Waals surface area contributed by atoms with Crippen LogP contribution in [0.2, 0.25) is 0 Å². The van der Waals surface area contributed by atoms with Gasteiger partial charge in [-0.2, -0.15) is 8.78 Å². The third kappa shape index (κ3) is 2.69. The molecule has 1 amide bonds. The summed E-state index contributed by atoms with van der Waals surface area (Å²) >= 11 is 0. The summed E-state index contributed by atoms with van der Waals surface area (Å²) in [5.41, 5.74) is -1.37. The summed E-state index contributed by atoms with van der Waals surface area (Å²) in [7, 11) is 0. The predicted octanol–water partition coefficient (Wildman–Crippen LogP) is 2.74. The van der Waals surface area contributed by atoms with Crippen molar-refractivity contribution in [2.45, 2.75) is 31.3 Å². The Bertz CT molecular complexity index is 581. The Balaban J connectivity index is 1.65. The Morgan fingerprint density at radius 1 is 1.32 bits per heavy atom. The van der Waals surface area contributed by atoms with Gasteiger partial charge in [-0.3, -0.25) is 4.79 Å². The van der Waals surface area contributed by atoms with Crippen LogP contribution in [0.25, 0.3) is 0 Å². The maximum Gasteiger partial charge on any atom is 0.355 e. The summed E-state index contributed by atoms with van der Waals surface area (Å²) < 4.78 is 60.3. The minimum absolute atomic E-state index is 0.0910. The summed E-state index contributed by atoms with van der Waals surface area (Å²) in [5, 5.41) is 2.04. The first-order valence-electron chi connectivity index (χ1n) is 7.06. The van der Waals surface area contributed by atoms with Gasteiger partial charge in [0.1, 0.15) is 17.2 Å². The topological polar surface area (TPSA) is 38.3 Å². The molecule has 1 aromatic carbocycles. The summed E-state index contributed by atoms with van der Waals surface area (Å²) in [5.74, 6) is -8.90. The van der Waals surface area contributed by atoms with Crippen LogP contribution in [0.4, 0.5) is 17.6 Å². The molecule has 0 radical (unpaired) electrons. The summed E-state index contributed by atoms with van der Waals surface area (Å²) in [6, 6.07) is 2.34. The van der Waals surface area contributed by atoms with Crippen LogP contribution in [-0.4, -0.2) is 25.2 Å². The van der Waals surface area contributed by atoms with Crippen LogP contribution in [0.15, 0.2) is 18.2 Å². The van der Waals surface area contributed by atoms with E-state index in [1.54, 1.807) is 0 Å². The molecule has 1 heterocycles. The van der Waals surface area contributed by atoms with E-state index < -0.39 is 29.0 Å². The van der Waals surface area contributed by atoms with Gasteiger partial charge in [-0.05, 0) is 36.8 Å². The fourth-order valence-corrected chi connectivity index (χ4v) is 2.78. The molecule has 2 fully saturated rings. The number of alkyl halides is 2. The van der Waals surface area contributed by atoms with Gasteiger partial charge in [-0.15, -0.1) is 0 Å². The average molecular weight is 317 g/mol. The van der Waals surface area contributed by atoms with Crippen LogP contribution >= 0.6 is 0 Å². The van der Waals surface area contributed by atoms with E-state index in [-0.39, 0.29) is 18.1 Å². The lowest BCUT2D eigenvalue weighted by Gasteiger charge is -2.19. The van der Waals surface area contributed by atoms with Gasteiger partial charge in [-0.25, -0.2) is 8.78 Å². The lowest BCUT2D eigenvalue weighted by molar-refractivity contribution is -0.148. The Morgan fingerprint density at radius 2 is 1.95 bits per heavy atom. The van der Waals surface area contributed by atoms with Crippen molar-refractivity contribution >= 4 is 5.91 Å². The van der Waals surface area contributed by atoms with E-state index in [1.807, 2.05) is 5.32 Å². The number of hydrogen-bond acceptors (Lipinski definition) is 2. The van der Waals surface area contributed by atoms with Gasteiger partial charge in [0.05, 0.1) is 12.7 Å². The average Bonchev–Trinajstić information content (AvgIpc) is 3.07. The van der Waals surface area contributed by atoms with Crippen molar-refractivity contribution in [3.8, 4) is 0 Å². The first-order chi connectivity index (χ1) is 10.3. The van der Waals surface area contributed by atoms with Gasteiger partial charge in [0, 0.05) is 6.54 Å². The molecule has 1 aliphatic carbocycles. The number of hydrogen-bond donors (Lipinski definition) is 1. The molecule has 1 saturated heterocycles. The summed E-state index contributed by atoms with van der Waals surface area (Å²) in [6.45, 7) is 0.484. The third-order valence-corrected chi connectivity index (χ3v) is 4.30. The van der Waals surface area contributed by atoms with Gasteiger partial charge < -0.3 is 10.1 Å². The number of ether oxygens (including phenoxy) is 1. The predicted molar refractivity (Wildman–Crippen MR) is 69.3 cm³/mol. The van der Waals surface area contributed by atoms with Crippen LogP contribution in [0, 0.1) is 17.0 Å². The second-order valence-corrected chi connectivity index (χ2v) is 6.02. The van der Waals surface area contributed by atoms with Gasteiger partial charge >= 0.3 is 5.92 Å². The lowest BCUT2D eigenvalue weighted by atomic mass is 10.0. The minimum atomic E-state index is -4.27. The fraction of sp³-hybridized carbons (Fsp3) is 0.533. The van der Waals surface area contributed by atoms with E-state index in [4.69, 9.17) is 4.74 Å². The summed E-state index contributed by atoms with van der Waals surface area (Å²) in [6.07, 6.45) is 2.49. The smallest absolute Gasteiger partial charge is 0.355 e. The SMILES string of the molecule is O=C(NCC1CC2(CC2)CO1)C(F)(F)c1c(F)cccc1F. The Labute approximate surface area is 124 Å². The fourth-order valence-electron chi connectivity index (χ4n) is 2.78. The molecule has 0 bridgehead atoms. The number of carbonyl (C=O) groups excluding carboxylic acids is 1. The van der Waals surface area contributed by atoms with Crippen molar-refractivity contribution in [1.29, 1.82) is 0 Å². The molecule has 120 valence electrons. The van der Waals surface area contributed by atoms with E-state index in [1.165, 1.54) is 0 Å². The lowest BCUT2D eigenvalue weighted by Crippen LogP contribution is -2.42. The van der Waals surface area contributed by atoms with Crippen LogP contribution < -0.4 is 5.32 Å². The number of carbonyl (C=O) groups is 1. The van der Waals surface area contributed by atoms with Crippen molar-refractivity contribution in [2.75, 3.05) is 13.2 Å². The first-order valence-corrected chi connectivity index (χ1v) is 7.06. The molecule has 1 N–H and O–H groups in total. The zero-order chi connectivity index (χ0) is 16.0. The van der Waals surface area contributed by atoms with Gasteiger partial charge in [0.2, 0.25) is 0 Å². The molecule has 1 spiro atoms. The standard InChI is InChI=1S/C15H15F4NO2/c16-10-2-1-3-11(17)12(10)15(18,19)13(21)20-7-9-6-14(4-5-14)8-22-9/h1-3,9H,4-8H2,(H,20,21). The quantitative estimate of drug-likeness (QED) is 0.867. The zero-order valence-electron chi connectivity index (χ0n) is 11.7. The van der Waals surface area contributed by atoms with E-state index in [9.17, 15) is 22.4 Å². The molecule has 1 saturated carbocycles. The Kier molecular flexibility index (Phi) is 3.63. The largest absolute Gasteiger partial charge is 0.376 e. The van der Waals surface area contributed by atoms with E-state index in [2.05, 4.69) is 0 Å². The molecule has 3 rings (SSSR count). The van der Waals surface area contributed by atoms with Crippen LogP contribution in [0.5, 0.6) is 0 Å². The van der Waals surface area contributed by atoms with E-state index in [0.29, 0.717) is 25.2 Å². The monoisotopic (exact) mass is 317 g/mol. The number of amides is 1. The first kappa shape index (κ1) is 15.3. The molecular weight excluding hydrogens is 302 g/mol. The second-order valence-electron chi connectivity index (χ2n) is 6.02. The Morgan fingerprint density at radius 3 is 2.50 bits per heavy atom. The molecule has 3 nitrogen and oxygen atoms in total. The van der Waals surface area contributed by atoms with E-state index >= 15 is 0 Å². The van der Waals surface area contributed by atoms with Gasteiger partial charge in [-0.1, -0.05) is 6.07 Å². The minimum Gasteiger partial charge on any atom is -0.376 e. The number of halogens is 4. The molecular formula is C15H15F4NO2. The zero-order valence-corrected chi connectivity index (χ0v) is 11.7. The molecule has 7 heteroatoms. The molecule has 1 atom stereocenters. The third-order valence-electron chi connectivity index (χ3n) is 4.30. The summed E-state index contributed by atoms with van der Waals surface area (Å²) in [4.78, 5) is 11.7. The maximum absolute atomic E-state index is 14.0. The highest BCUT2D eigenvalue weighted by Crippen LogP contribution is 2.53. The Hall–Kier alpha value is -1.63. The van der Waals surface area contributed by atoms with Crippen LogP contribution in [0.3, 0.4) is 0 Å². The highest BCUT2D eigenvalue weighted by molar-refractivity contribution is 5.84. The molecule has 22 heavy (non-hydrogen) atoms. The number of nitrogens with one attached hydrogen (secondary N) is 1. The second kappa shape index (κ2) is 5.22. The molecule has 1 unspecified atom stereocenters. The highest BCUT2D eigenvalue weighted by Gasteiger charge is 2.50. The van der Waals surface area contributed by atoms with Crippen molar-refractivity contribution in [3.63, 3.8) is 0 Å². The maximum atomic E-state index is 14.0. The number of rotatable bonds is 4. The van der Waals surface area contributed by atoms with Gasteiger partial charge in [0.25, 0.3) is 5.91 Å². The van der Waals surface area contributed by atoms with Crippen molar-refractivity contribution < 1.29 is 27.1 Å². The van der Waals surface area contributed by atoms with Crippen molar-refractivity contribution in [1.82, 2.24) is 5.32 Å². The van der Waals surface area contributed by atoms with Crippen molar-refractivity contribution in [3.05, 3.63) is 35.4 Å². The van der Waals surface area contributed by atoms with Crippen LogP contribution in [-0.2, 0) is 15.5 Å².